The molecule has 12 heavy (non-hydrogen) atoms. The van der Waals surface area contributed by atoms with Gasteiger partial charge in [-0.3, -0.25) is 0 Å². The summed E-state index contributed by atoms with van der Waals surface area (Å²) in [6.45, 7) is 4.67. The second kappa shape index (κ2) is 5.28. The molecule has 1 rings (SSSR count). The van der Waals surface area contributed by atoms with E-state index in [1.54, 1.807) is 3.58 Å². The van der Waals surface area contributed by atoms with E-state index in [1.165, 1.54) is 13.3 Å². The van der Waals surface area contributed by atoms with Crippen molar-refractivity contribution in [3.8, 4) is 0 Å². The molecule has 0 N–H and O–H groups in total. The molecule has 0 aliphatic rings. The topological polar surface area (TPSA) is 0 Å². The molecule has 0 spiro atoms. The van der Waals surface area contributed by atoms with Gasteiger partial charge in [-0.25, -0.2) is 0 Å². The number of rotatable bonds is 3. The average molecular weight is 333 g/mol. The normalized spacial score (nSPS) is 9.92. The fourth-order valence-electron chi connectivity index (χ4n) is 1.34. The Bertz CT molecular complexity index is 226. The van der Waals surface area contributed by atoms with Gasteiger partial charge in [0.2, 0.25) is 0 Å². The van der Waals surface area contributed by atoms with Gasteiger partial charge in [-0.15, -0.1) is 0 Å². The summed E-state index contributed by atoms with van der Waals surface area (Å²) in [5.74, 6) is 0. The first-order valence-corrected chi connectivity index (χ1v) is 10.6. The Labute approximate surface area is 90.2 Å². The third kappa shape index (κ3) is 2.77. The molecule has 1 aromatic carbocycles. The van der Waals surface area contributed by atoms with Crippen LogP contribution in [0.2, 0.25) is 8.87 Å². The van der Waals surface area contributed by atoms with E-state index in [4.69, 9.17) is 0 Å². The van der Waals surface area contributed by atoms with Gasteiger partial charge in [0, 0.05) is 0 Å². The van der Waals surface area contributed by atoms with Crippen molar-refractivity contribution in [1.29, 1.82) is 0 Å². The van der Waals surface area contributed by atoms with Gasteiger partial charge in [-0.2, -0.15) is 0 Å². The number of hydrogen-bond acceptors (Lipinski definition) is 0. The number of hydrogen-bond donors (Lipinski definition) is 0. The third-order valence-corrected chi connectivity index (χ3v) is 10.8. The van der Waals surface area contributed by atoms with Gasteiger partial charge >= 0.3 is 90.7 Å². The fourth-order valence-corrected chi connectivity index (χ4v) is 7.19. The van der Waals surface area contributed by atoms with E-state index in [0.29, 0.717) is 0 Å². The van der Waals surface area contributed by atoms with Crippen molar-refractivity contribution in [1.82, 2.24) is 0 Å². The molecule has 0 aliphatic heterocycles. The minimum absolute atomic E-state index is 1.14. The molecule has 0 bridgehead atoms. The predicted molar refractivity (Wildman–Crippen MR) is 60.5 cm³/mol. The van der Waals surface area contributed by atoms with Gasteiger partial charge in [0.05, 0.1) is 0 Å². The number of benzene rings is 1. The van der Waals surface area contributed by atoms with Gasteiger partial charge in [0.1, 0.15) is 0 Å². The van der Waals surface area contributed by atoms with Crippen molar-refractivity contribution in [2.45, 2.75) is 22.7 Å². The Kier molecular flexibility index (Phi) is 4.65. The van der Waals surface area contributed by atoms with E-state index in [2.05, 4.69) is 54.0 Å². The molecule has 0 fully saturated rings. The summed E-state index contributed by atoms with van der Waals surface area (Å²) in [5.41, 5.74) is 0. The maximum atomic E-state index is 3.46. The Morgan fingerprint density at radius 2 is 1.58 bits per heavy atom. The van der Waals surface area contributed by atoms with Crippen molar-refractivity contribution in [3.63, 3.8) is 0 Å². The average Bonchev–Trinajstić information content (AvgIpc) is 2.10. The summed E-state index contributed by atoms with van der Waals surface area (Å²) in [4.78, 5) is 0. The van der Waals surface area contributed by atoms with Crippen molar-refractivity contribution < 1.29 is 0 Å². The van der Waals surface area contributed by atoms with E-state index in [-0.39, 0.29) is 0 Å². The van der Waals surface area contributed by atoms with Crippen LogP contribution in [0.15, 0.2) is 28.7 Å². The Balaban J connectivity index is 2.80. The van der Waals surface area contributed by atoms with Crippen LogP contribution in [0, 0.1) is 0 Å². The monoisotopic (exact) mass is 333 g/mol. The third-order valence-electron chi connectivity index (χ3n) is 2.11. The SMILES string of the molecule is C[CH2][Sn+]([CH2]C)[c]1ccc(Br)cc1. The van der Waals surface area contributed by atoms with Crippen molar-refractivity contribution in [2.24, 2.45) is 0 Å². The molecule has 0 nitrogen and oxygen atoms in total. The van der Waals surface area contributed by atoms with Crippen LogP contribution >= 0.6 is 15.9 Å². The summed E-state index contributed by atoms with van der Waals surface area (Å²) >= 11 is 2.32. The molecule has 64 valence electrons. The summed E-state index contributed by atoms with van der Waals surface area (Å²) in [5, 5.41) is 0. The molecule has 0 saturated heterocycles. The van der Waals surface area contributed by atoms with Gasteiger partial charge in [-0.05, 0) is 0 Å². The van der Waals surface area contributed by atoms with Crippen LogP contribution in [0.1, 0.15) is 13.8 Å². The van der Waals surface area contributed by atoms with E-state index in [9.17, 15) is 0 Å². The van der Waals surface area contributed by atoms with Crippen molar-refractivity contribution in [2.75, 3.05) is 0 Å². The molecular formula is C10H14BrSn+. The molecule has 0 heterocycles. The van der Waals surface area contributed by atoms with Crippen LogP contribution in [0.4, 0.5) is 0 Å². The predicted octanol–water partition coefficient (Wildman–Crippen LogP) is 3.19. The molecule has 2 heteroatoms. The first kappa shape index (κ1) is 10.6. The van der Waals surface area contributed by atoms with Crippen LogP contribution in [-0.4, -0.2) is 19.8 Å². The quantitative estimate of drug-likeness (QED) is 0.746. The molecule has 0 aromatic heterocycles. The Morgan fingerprint density at radius 1 is 1.08 bits per heavy atom. The summed E-state index contributed by atoms with van der Waals surface area (Å²) < 4.78 is 5.72. The maximum absolute atomic E-state index is 3.46. The van der Waals surface area contributed by atoms with Crippen LogP contribution in [0.25, 0.3) is 0 Å². The van der Waals surface area contributed by atoms with Crippen LogP contribution < -0.4 is 3.58 Å². The first-order valence-electron chi connectivity index (χ1n) is 4.38. The van der Waals surface area contributed by atoms with E-state index in [1.807, 2.05) is 0 Å². The molecule has 0 atom stereocenters. The van der Waals surface area contributed by atoms with E-state index >= 15 is 0 Å². The van der Waals surface area contributed by atoms with Gasteiger partial charge in [-0.1, -0.05) is 0 Å². The second-order valence-electron chi connectivity index (χ2n) is 2.82. The zero-order chi connectivity index (χ0) is 8.97. The van der Waals surface area contributed by atoms with E-state index < -0.39 is 19.8 Å². The number of halogens is 1. The molecule has 0 unspecified atom stereocenters. The fraction of sp³-hybridized carbons (Fsp3) is 0.400. The zero-order valence-corrected chi connectivity index (χ0v) is 12.0. The van der Waals surface area contributed by atoms with Crippen molar-refractivity contribution in [3.05, 3.63) is 28.7 Å². The molecule has 0 amide bonds. The van der Waals surface area contributed by atoms with Gasteiger partial charge in [0.15, 0.2) is 0 Å². The summed E-state index contributed by atoms with van der Waals surface area (Å²) in [6.07, 6.45) is 0. The van der Waals surface area contributed by atoms with Crippen LogP contribution in [-0.2, 0) is 0 Å². The zero-order valence-electron chi connectivity index (χ0n) is 7.60. The molecule has 1 aromatic rings. The second-order valence-corrected chi connectivity index (χ2v) is 12.9. The summed E-state index contributed by atoms with van der Waals surface area (Å²) in [6, 6.07) is 8.93. The molecule has 0 radical (unpaired) electrons. The van der Waals surface area contributed by atoms with Crippen LogP contribution in [0.3, 0.4) is 0 Å². The van der Waals surface area contributed by atoms with Gasteiger partial charge in [0.25, 0.3) is 0 Å². The van der Waals surface area contributed by atoms with Crippen molar-refractivity contribution >= 4 is 39.3 Å². The van der Waals surface area contributed by atoms with E-state index in [0.717, 1.165) is 0 Å². The molecule has 0 saturated carbocycles. The Morgan fingerprint density at radius 3 is 2.00 bits per heavy atom. The Hall–Kier alpha value is 0.499. The van der Waals surface area contributed by atoms with Crippen LogP contribution in [0.5, 0.6) is 0 Å². The summed E-state index contributed by atoms with van der Waals surface area (Å²) in [7, 11) is 0. The standard InChI is InChI=1S/C6H4Br.2C2H5.Sn/c7-6-4-2-1-3-5-6;2*1-2;/h2-5H;2*1H2,2H3;/q;;;+1. The minimum atomic E-state index is -1.14. The molecule has 0 aliphatic carbocycles. The molecular weight excluding hydrogens is 319 g/mol. The first-order chi connectivity index (χ1) is 5.77. The van der Waals surface area contributed by atoms with Gasteiger partial charge < -0.3 is 0 Å².